The maximum Gasteiger partial charge on any atom is 0.248 e. The van der Waals surface area contributed by atoms with Crippen molar-refractivity contribution in [2.75, 3.05) is 23.8 Å². The Labute approximate surface area is 280 Å². The van der Waals surface area contributed by atoms with Gasteiger partial charge in [-0.3, -0.25) is 14.4 Å². The normalized spacial score (nSPS) is 27.3. The van der Waals surface area contributed by atoms with E-state index in [0.717, 1.165) is 11.1 Å². The molecule has 3 heterocycles. The van der Waals surface area contributed by atoms with Gasteiger partial charge in [0.15, 0.2) is 0 Å². The zero-order chi connectivity index (χ0) is 31.9. The van der Waals surface area contributed by atoms with Crippen molar-refractivity contribution in [1.82, 2.24) is 4.90 Å². The monoisotopic (exact) mass is 711 g/mol. The number of fused-ring (bicyclic) bond motifs is 1. The number of para-hydroxylation sites is 1. The maximum absolute atomic E-state index is 14.6. The molecule has 11 heteroatoms. The minimum absolute atomic E-state index is 0.0957. The maximum atomic E-state index is 14.6. The first-order valence-corrected chi connectivity index (χ1v) is 17.2. The van der Waals surface area contributed by atoms with Crippen LogP contribution >= 0.6 is 39.3 Å². The number of nitrogens with one attached hydrogen (secondary N) is 2. The van der Waals surface area contributed by atoms with Crippen molar-refractivity contribution in [3.05, 3.63) is 88.9 Å². The van der Waals surface area contributed by atoms with E-state index in [0.29, 0.717) is 41.6 Å². The zero-order valence-corrected chi connectivity index (χ0v) is 28.1. The van der Waals surface area contributed by atoms with E-state index in [1.807, 2.05) is 56.3 Å². The van der Waals surface area contributed by atoms with E-state index in [1.165, 1.54) is 0 Å². The van der Waals surface area contributed by atoms with Crippen LogP contribution in [0.2, 0.25) is 5.02 Å². The summed E-state index contributed by atoms with van der Waals surface area (Å²) in [4.78, 5) is 44.6. The summed E-state index contributed by atoms with van der Waals surface area (Å²) in [5, 5.41) is 16.9. The highest BCUT2D eigenvalue weighted by Gasteiger charge is 2.76. The predicted molar refractivity (Wildman–Crippen MR) is 181 cm³/mol. The number of carbonyl (C=O) groups excluding carboxylic acids is 3. The number of halogens is 2. The van der Waals surface area contributed by atoms with E-state index in [2.05, 4.69) is 26.6 Å². The number of thioether (sulfide) groups is 1. The molecule has 0 aliphatic carbocycles. The number of aliphatic hydroxyl groups excluding tert-OH is 1. The number of hydrogen-bond donors (Lipinski definition) is 3. The predicted octanol–water partition coefficient (Wildman–Crippen LogP) is 5.69. The smallest absolute Gasteiger partial charge is 0.248 e. The molecule has 3 aliphatic rings. The summed E-state index contributed by atoms with van der Waals surface area (Å²) in [6.07, 6.45) is 0.876. The molecule has 0 saturated carbocycles. The number of aryl methyl sites for hydroxylation is 1. The van der Waals surface area contributed by atoms with Crippen molar-refractivity contribution < 1.29 is 24.2 Å². The largest absolute Gasteiger partial charge is 0.494 e. The summed E-state index contributed by atoms with van der Waals surface area (Å²) in [6, 6.07) is 20.5. The van der Waals surface area contributed by atoms with Gasteiger partial charge in [-0.15, -0.1) is 11.8 Å². The van der Waals surface area contributed by atoms with Crippen LogP contribution in [0.4, 0.5) is 11.4 Å². The lowest BCUT2D eigenvalue weighted by Gasteiger charge is -2.37. The third-order valence-electron chi connectivity index (χ3n) is 9.10. The zero-order valence-electron chi connectivity index (χ0n) is 24.9. The molecule has 45 heavy (non-hydrogen) atoms. The van der Waals surface area contributed by atoms with Crippen LogP contribution in [0.15, 0.2) is 72.8 Å². The quantitative estimate of drug-likeness (QED) is 0.233. The summed E-state index contributed by atoms with van der Waals surface area (Å²) >= 11 is 11.9. The topological polar surface area (TPSA) is 108 Å². The Bertz CT molecular complexity index is 1570. The number of carbonyl (C=O) groups is 3. The van der Waals surface area contributed by atoms with Crippen LogP contribution in [-0.4, -0.2) is 67.8 Å². The van der Waals surface area contributed by atoms with Crippen LogP contribution in [0, 0.1) is 18.8 Å². The van der Waals surface area contributed by atoms with Gasteiger partial charge in [-0.2, -0.15) is 0 Å². The van der Waals surface area contributed by atoms with Crippen LogP contribution < -0.4 is 15.4 Å². The molecular weight excluding hydrogens is 678 g/mol. The standard InChI is InChI=1S/C34H35BrClN3O5S/c1-3-44-23-14-12-21(13-15-23)37-31(41)26-27-33(43)39(22(18-40)16-20-9-5-4-6-10-20)30(34(27)17-24(35)29(26)45-34)32(42)38-28-19(2)8-7-11-25(28)36/h4-15,22,24,26-27,29-30,40H,3,16-18H2,1-2H3,(H,37,41)(H,38,42)/t22-,24?,26-,27+,29-,30?,34?/m1/s1. The van der Waals surface area contributed by atoms with Crippen LogP contribution in [-0.2, 0) is 20.8 Å². The molecule has 7 atom stereocenters. The van der Waals surface area contributed by atoms with Gasteiger partial charge in [0.2, 0.25) is 17.7 Å². The second-order valence-electron chi connectivity index (χ2n) is 11.8. The van der Waals surface area contributed by atoms with Gasteiger partial charge < -0.3 is 25.4 Å². The second-order valence-corrected chi connectivity index (χ2v) is 14.9. The fourth-order valence-corrected chi connectivity index (χ4v) is 11.1. The first-order valence-electron chi connectivity index (χ1n) is 15.1. The van der Waals surface area contributed by atoms with E-state index in [4.69, 9.17) is 16.3 Å². The molecule has 2 bridgehead atoms. The van der Waals surface area contributed by atoms with Crippen molar-refractivity contribution in [3.8, 4) is 5.75 Å². The van der Waals surface area contributed by atoms with Gasteiger partial charge in [0.05, 0.1) is 46.5 Å². The van der Waals surface area contributed by atoms with Gasteiger partial charge in [0.1, 0.15) is 11.8 Å². The van der Waals surface area contributed by atoms with Crippen molar-refractivity contribution >= 4 is 68.4 Å². The molecule has 3 N–H and O–H groups in total. The number of rotatable bonds is 10. The van der Waals surface area contributed by atoms with E-state index in [-0.39, 0.29) is 34.4 Å². The number of hydrogen-bond acceptors (Lipinski definition) is 6. The summed E-state index contributed by atoms with van der Waals surface area (Å²) in [6.45, 7) is 3.96. The highest BCUT2D eigenvalue weighted by atomic mass is 79.9. The van der Waals surface area contributed by atoms with Crippen molar-refractivity contribution in [2.24, 2.45) is 11.8 Å². The SMILES string of the molecule is CCOc1ccc(NC(=O)[C@H]2[C@@H]3SC4(CC3Br)C(C(=O)Nc3c(C)cccc3Cl)N([C@@H](CO)Cc3ccccc3)C(=O)[C@H]24)cc1. The van der Waals surface area contributed by atoms with Gasteiger partial charge in [-0.25, -0.2) is 0 Å². The lowest BCUT2D eigenvalue weighted by atomic mass is 9.70. The minimum Gasteiger partial charge on any atom is -0.494 e. The first kappa shape index (κ1) is 31.9. The van der Waals surface area contributed by atoms with Crippen LogP contribution in [0.1, 0.15) is 24.5 Å². The molecule has 3 aromatic carbocycles. The number of anilines is 2. The molecule has 3 unspecified atom stereocenters. The molecular formula is C34H35BrClN3O5S. The molecule has 3 saturated heterocycles. The van der Waals surface area contributed by atoms with Crippen LogP contribution in [0.25, 0.3) is 0 Å². The minimum atomic E-state index is -0.940. The molecule has 3 aromatic rings. The van der Waals surface area contributed by atoms with E-state index in [1.54, 1.807) is 47.0 Å². The number of aliphatic hydroxyl groups is 1. The third-order valence-corrected chi connectivity index (χ3v) is 12.6. The van der Waals surface area contributed by atoms with Crippen molar-refractivity contribution in [2.45, 2.75) is 53.6 Å². The molecule has 0 radical (unpaired) electrons. The Morgan fingerprint density at radius 3 is 2.49 bits per heavy atom. The van der Waals surface area contributed by atoms with Gasteiger partial charge in [0.25, 0.3) is 0 Å². The Morgan fingerprint density at radius 2 is 1.82 bits per heavy atom. The molecule has 3 aliphatic heterocycles. The summed E-state index contributed by atoms with van der Waals surface area (Å²) in [7, 11) is 0. The number of nitrogens with zero attached hydrogens (tertiary/aromatic N) is 1. The first-order chi connectivity index (χ1) is 21.7. The highest BCUT2D eigenvalue weighted by molar-refractivity contribution is 9.09. The fraction of sp³-hybridized carbons (Fsp3) is 0.382. The summed E-state index contributed by atoms with van der Waals surface area (Å²) in [5.41, 5.74) is 2.80. The molecule has 0 aromatic heterocycles. The van der Waals surface area contributed by atoms with Gasteiger partial charge in [-0.05, 0) is 68.1 Å². The lowest BCUT2D eigenvalue weighted by Crippen LogP contribution is -2.55. The fourth-order valence-electron chi connectivity index (χ4n) is 7.21. The summed E-state index contributed by atoms with van der Waals surface area (Å²) < 4.78 is 4.64. The highest BCUT2D eigenvalue weighted by Crippen LogP contribution is 2.68. The van der Waals surface area contributed by atoms with Crippen molar-refractivity contribution in [1.29, 1.82) is 0 Å². The average Bonchev–Trinajstić information content (AvgIpc) is 3.62. The Balaban J connectivity index is 1.37. The summed E-state index contributed by atoms with van der Waals surface area (Å²) in [5.74, 6) is -1.69. The number of amides is 3. The van der Waals surface area contributed by atoms with E-state index >= 15 is 0 Å². The van der Waals surface area contributed by atoms with Crippen molar-refractivity contribution in [3.63, 3.8) is 0 Å². The van der Waals surface area contributed by atoms with Gasteiger partial charge in [0, 0.05) is 15.8 Å². The Hall–Kier alpha value is -3.05. The molecule has 236 valence electrons. The van der Waals surface area contributed by atoms with Gasteiger partial charge >= 0.3 is 0 Å². The Kier molecular flexibility index (Phi) is 9.21. The van der Waals surface area contributed by atoms with Gasteiger partial charge in [-0.1, -0.05) is 70.0 Å². The van der Waals surface area contributed by atoms with E-state index in [9.17, 15) is 19.5 Å². The molecule has 6 rings (SSSR count). The van der Waals surface area contributed by atoms with Crippen LogP contribution in [0.3, 0.4) is 0 Å². The lowest BCUT2D eigenvalue weighted by molar-refractivity contribution is -0.141. The second kappa shape index (κ2) is 13.0. The Morgan fingerprint density at radius 1 is 1.09 bits per heavy atom. The van der Waals surface area contributed by atoms with Crippen LogP contribution in [0.5, 0.6) is 5.75 Å². The number of likely N-dealkylation sites (tertiary alicyclic amines) is 1. The molecule has 8 nitrogen and oxygen atoms in total. The number of ether oxygens (including phenoxy) is 1. The number of benzene rings is 3. The average molecular weight is 713 g/mol. The molecule has 3 fully saturated rings. The molecule has 1 spiro atoms. The third kappa shape index (κ3) is 5.75. The molecule has 3 amide bonds. The number of alkyl halides is 1. The van der Waals surface area contributed by atoms with E-state index < -0.39 is 28.7 Å².